The Bertz CT molecular complexity index is 2540. The lowest BCUT2D eigenvalue weighted by Crippen LogP contribution is -2.10. The van der Waals surface area contributed by atoms with Gasteiger partial charge in [-0.05, 0) is 79.2 Å². The molecule has 9 aromatic rings. The van der Waals surface area contributed by atoms with Gasteiger partial charge in [-0.25, -0.2) is 9.97 Å². The highest BCUT2D eigenvalue weighted by Crippen LogP contribution is 2.39. The molecule has 7 aromatic carbocycles. The topological polar surface area (TPSA) is 34.0 Å². The maximum absolute atomic E-state index is 5.21. The summed E-state index contributed by atoms with van der Waals surface area (Å²) in [5.41, 5.74) is 13.5. The highest BCUT2D eigenvalue weighted by molar-refractivity contribution is 6.09. The second kappa shape index (κ2) is 11.9. The van der Waals surface area contributed by atoms with Crippen LogP contribution >= 0.6 is 0 Å². The lowest BCUT2D eigenvalue weighted by Gasteiger charge is -2.26. The van der Waals surface area contributed by atoms with Crippen molar-refractivity contribution < 1.29 is 0 Å². The fourth-order valence-electron chi connectivity index (χ4n) is 6.96. The predicted molar refractivity (Wildman–Crippen MR) is 204 cm³/mol. The SMILES string of the molecule is Cc1cccc2nc(-c3ccccc3)c(-c3ccc(N(c4ccccc4)c4ccc(-n5c6ccccc6c6ccccc65)cc4)cc3)nc12. The number of hydrogen-bond acceptors (Lipinski definition) is 3. The molecule has 2 aromatic heterocycles. The van der Waals surface area contributed by atoms with E-state index < -0.39 is 0 Å². The molecule has 0 spiro atoms. The van der Waals surface area contributed by atoms with Crippen LogP contribution in [0.2, 0.25) is 0 Å². The lowest BCUT2D eigenvalue weighted by atomic mass is 10.0. The standard InChI is InChI=1S/C45H32N4/c1-31-13-12-20-40-43(31)47-45(44(46-40)32-14-4-2-5-15-32)33-23-25-35(26-24-33)48(34-16-6-3-7-17-34)36-27-29-37(30-28-36)49-41-21-10-8-18-38(41)39-19-9-11-22-42(39)49/h2-30H,1H3. The third-order valence-electron chi connectivity index (χ3n) is 9.30. The van der Waals surface area contributed by atoms with E-state index in [-0.39, 0.29) is 0 Å². The number of nitrogens with zero attached hydrogens (tertiary/aromatic N) is 4. The Labute approximate surface area is 285 Å². The van der Waals surface area contributed by atoms with Crippen molar-refractivity contribution in [1.82, 2.24) is 14.5 Å². The van der Waals surface area contributed by atoms with Gasteiger partial charge in [0.05, 0.1) is 33.5 Å². The quantitative estimate of drug-likeness (QED) is 0.184. The molecule has 0 N–H and O–H groups in total. The van der Waals surface area contributed by atoms with Crippen molar-refractivity contribution in [3.8, 4) is 28.2 Å². The van der Waals surface area contributed by atoms with E-state index in [1.807, 2.05) is 18.2 Å². The molecule has 9 rings (SSSR count). The smallest absolute Gasteiger partial charge is 0.0973 e. The molecule has 0 unspecified atom stereocenters. The van der Waals surface area contributed by atoms with Crippen molar-refractivity contribution in [2.75, 3.05) is 4.90 Å². The number of aryl methyl sites for hydroxylation is 1. The fraction of sp³-hybridized carbons (Fsp3) is 0.0222. The van der Waals surface area contributed by atoms with Gasteiger partial charge < -0.3 is 9.47 Å². The zero-order valence-electron chi connectivity index (χ0n) is 27.0. The summed E-state index contributed by atoms with van der Waals surface area (Å²) in [5, 5.41) is 2.52. The summed E-state index contributed by atoms with van der Waals surface area (Å²) in [7, 11) is 0. The molecule has 4 heteroatoms. The molecule has 0 saturated carbocycles. The highest BCUT2D eigenvalue weighted by atomic mass is 15.1. The second-order valence-corrected chi connectivity index (χ2v) is 12.3. The first kappa shape index (κ1) is 28.7. The second-order valence-electron chi connectivity index (χ2n) is 12.3. The Morgan fingerprint density at radius 1 is 0.429 bits per heavy atom. The first-order chi connectivity index (χ1) is 24.2. The number of anilines is 3. The summed E-state index contributed by atoms with van der Waals surface area (Å²) < 4.78 is 2.35. The summed E-state index contributed by atoms with van der Waals surface area (Å²) in [4.78, 5) is 12.6. The van der Waals surface area contributed by atoms with Crippen LogP contribution in [-0.4, -0.2) is 14.5 Å². The van der Waals surface area contributed by atoms with E-state index in [0.29, 0.717) is 0 Å². The van der Waals surface area contributed by atoms with Crippen molar-refractivity contribution in [1.29, 1.82) is 0 Å². The number of benzene rings is 7. The molecule has 2 heterocycles. The van der Waals surface area contributed by atoms with Crippen molar-refractivity contribution in [2.45, 2.75) is 6.92 Å². The third-order valence-corrected chi connectivity index (χ3v) is 9.30. The largest absolute Gasteiger partial charge is 0.311 e. The normalized spacial score (nSPS) is 11.4. The number of aromatic nitrogens is 3. The molecule has 0 radical (unpaired) electrons. The average molecular weight is 629 g/mol. The monoisotopic (exact) mass is 628 g/mol. The molecule has 0 aliphatic rings. The Hall–Kier alpha value is -6.52. The van der Waals surface area contributed by atoms with Gasteiger partial charge in [0.2, 0.25) is 0 Å². The van der Waals surface area contributed by atoms with Crippen LogP contribution in [0.4, 0.5) is 17.1 Å². The molecule has 0 aliphatic carbocycles. The zero-order valence-corrected chi connectivity index (χ0v) is 27.0. The summed E-state index contributed by atoms with van der Waals surface area (Å²) in [6.45, 7) is 2.09. The Balaban J connectivity index is 1.14. The van der Waals surface area contributed by atoms with Gasteiger partial charge in [-0.1, -0.05) is 109 Å². The van der Waals surface area contributed by atoms with Gasteiger partial charge in [0.1, 0.15) is 0 Å². The zero-order chi connectivity index (χ0) is 32.7. The maximum Gasteiger partial charge on any atom is 0.0973 e. The number of rotatable bonds is 6. The van der Waals surface area contributed by atoms with Crippen molar-refractivity contribution in [2.24, 2.45) is 0 Å². The van der Waals surface area contributed by atoms with Gasteiger partial charge in [-0.15, -0.1) is 0 Å². The van der Waals surface area contributed by atoms with Crippen molar-refractivity contribution in [3.63, 3.8) is 0 Å². The third kappa shape index (κ3) is 5.02. The maximum atomic E-state index is 5.21. The van der Waals surface area contributed by atoms with Gasteiger partial charge >= 0.3 is 0 Å². The molecule has 232 valence electrons. The molecule has 49 heavy (non-hydrogen) atoms. The van der Waals surface area contributed by atoms with Gasteiger partial charge in [-0.3, -0.25) is 0 Å². The molecule has 0 amide bonds. The van der Waals surface area contributed by atoms with Crippen LogP contribution < -0.4 is 4.90 Å². The van der Waals surface area contributed by atoms with Gasteiger partial charge in [-0.2, -0.15) is 0 Å². The molecular weight excluding hydrogens is 597 g/mol. The highest BCUT2D eigenvalue weighted by Gasteiger charge is 2.18. The fourth-order valence-corrected chi connectivity index (χ4v) is 6.96. The molecule has 0 bridgehead atoms. The van der Waals surface area contributed by atoms with Crippen LogP contribution in [0.3, 0.4) is 0 Å². The molecule has 0 aliphatic heterocycles. The molecule has 0 saturated heterocycles. The predicted octanol–water partition coefficient (Wildman–Crippen LogP) is 11.8. The van der Waals surface area contributed by atoms with Gasteiger partial charge in [0.25, 0.3) is 0 Å². The van der Waals surface area contributed by atoms with Crippen molar-refractivity contribution in [3.05, 3.63) is 181 Å². The van der Waals surface area contributed by atoms with E-state index in [9.17, 15) is 0 Å². The van der Waals surface area contributed by atoms with Crippen molar-refractivity contribution >= 4 is 49.9 Å². The molecular formula is C45H32N4. The minimum Gasteiger partial charge on any atom is -0.311 e. The van der Waals surface area contributed by atoms with E-state index in [0.717, 1.165) is 61.9 Å². The molecule has 0 fully saturated rings. The Morgan fingerprint density at radius 3 is 1.59 bits per heavy atom. The Kier molecular flexibility index (Phi) is 6.98. The number of hydrogen-bond donors (Lipinski definition) is 0. The number of para-hydroxylation sites is 4. The van der Waals surface area contributed by atoms with Crippen LogP contribution in [0.15, 0.2) is 176 Å². The molecule has 0 atom stereocenters. The van der Waals surface area contributed by atoms with E-state index >= 15 is 0 Å². The minimum atomic E-state index is 0.876. The summed E-state index contributed by atoms with van der Waals surface area (Å²) in [6, 6.07) is 61.9. The van der Waals surface area contributed by atoms with Crippen LogP contribution in [0, 0.1) is 6.92 Å². The van der Waals surface area contributed by atoms with E-state index in [1.165, 1.54) is 21.8 Å². The molecule has 4 nitrogen and oxygen atoms in total. The first-order valence-electron chi connectivity index (χ1n) is 16.6. The van der Waals surface area contributed by atoms with Crippen LogP contribution in [0.1, 0.15) is 5.56 Å². The van der Waals surface area contributed by atoms with Gasteiger partial charge in [0, 0.05) is 44.6 Å². The van der Waals surface area contributed by atoms with E-state index in [1.54, 1.807) is 0 Å². The summed E-state index contributed by atoms with van der Waals surface area (Å²) >= 11 is 0. The van der Waals surface area contributed by atoms with Crippen LogP contribution in [-0.2, 0) is 0 Å². The summed E-state index contributed by atoms with van der Waals surface area (Å²) in [5.74, 6) is 0. The Morgan fingerprint density at radius 2 is 0.939 bits per heavy atom. The lowest BCUT2D eigenvalue weighted by molar-refractivity contribution is 1.17. The van der Waals surface area contributed by atoms with E-state index in [2.05, 4.69) is 174 Å². The van der Waals surface area contributed by atoms with Gasteiger partial charge in [0.15, 0.2) is 0 Å². The number of fused-ring (bicyclic) bond motifs is 4. The first-order valence-corrected chi connectivity index (χ1v) is 16.6. The average Bonchev–Trinajstić information content (AvgIpc) is 3.50. The summed E-state index contributed by atoms with van der Waals surface area (Å²) in [6.07, 6.45) is 0. The van der Waals surface area contributed by atoms with E-state index in [4.69, 9.17) is 9.97 Å². The minimum absolute atomic E-state index is 0.876. The van der Waals surface area contributed by atoms with Crippen LogP contribution in [0.25, 0.3) is 61.0 Å². The van der Waals surface area contributed by atoms with Crippen LogP contribution in [0.5, 0.6) is 0 Å².